The molecule has 4 atom stereocenters. The van der Waals surface area contributed by atoms with Gasteiger partial charge < -0.3 is 19.5 Å². The van der Waals surface area contributed by atoms with Gasteiger partial charge >= 0.3 is 0 Å². The van der Waals surface area contributed by atoms with Crippen molar-refractivity contribution in [3.05, 3.63) is 65.2 Å². The van der Waals surface area contributed by atoms with Crippen LogP contribution in [0.25, 0.3) is 0 Å². The number of ketones is 3. The molecule has 2 saturated heterocycles. The summed E-state index contributed by atoms with van der Waals surface area (Å²) in [6.07, 6.45) is 0.241. The molecule has 1 N–H and O–H groups in total. The number of morpholine rings is 1. The van der Waals surface area contributed by atoms with Crippen LogP contribution in [-0.4, -0.2) is 86.4 Å². The van der Waals surface area contributed by atoms with Crippen molar-refractivity contribution >= 4 is 23.3 Å². The third-order valence-corrected chi connectivity index (χ3v) is 8.05. The molecular weight excluding hydrogens is 536 g/mol. The van der Waals surface area contributed by atoms with Crippen LogP contribution in [-0.2, 0) is 35.1 Å². The molecule has 1 amide bonds. The zero-order valence-corrected chi connectivity index (χ0v) is 25.0. The molecule has 2 aromatic carbocycles. The average Bonchev–Trinajstić information content (AvgIpc) is 3.74. The Bertz CT molecular complexity index is 1270. The molecule has 0 aliphatic carbocycles. The Kier molecular flexibility index (Phi) is 10.6. The third-order valence-electron chi connectivity index (χ3n) is 8.05. The number of aryl methyl sites for hydroxylation is 1. The van der Waals surface area contributed by atoms with E-state index in [1.165, 1.54) is 0 Å². The van der Waals surface area contributed by atoms with Crippen molar-refractivity contribution in [2.24, 2.45) is 5.92 Å². The van der Waals surface area contributed by atoms with Crippen molar-refractivity contribution in [3.63, 3.8) is 0 Å². The van der Waals surface area contributed by atoms with Gasteiger partial charge in [-0.1, -0.05) is 48.9 Å². The Hall–Kier alpha value is -3.40. The van der Waals surface area contributed by atoms with Crippen molar-refractivity contribution in [2.45, 2.75) is 57.6 Å². The van der Waals surface area contributed by atoms with Crippen LogP contribution in [0.2, 0.25) is 0 Å². The number of Topliss-reactive ketones (excluding diaryl/α,β-unsaturated/α-hetero) is 3. The Morgan fingerprint density at radius 1 is 1.05 bits per heavy atom. The van der Waals surface area contributed by atoms with Crippen molar-refractivity contribution < 1.29 is 33.4 Å². The van der Waals surface area contributed by atoms with E-state index in [1.54, 1.807) is 33.1 Å². The number of nitrogens with one attached hydrogen (secondary N) is 1. The molecule has 4 rings (SSSR count). The molecule has 2 fully saturated rings. The molecule has 2 aromatic rings. The van der Waals surface area contributed by atoms with Crippen molar-refractivity contribution in [3.8, 4) is 5.75 Å². The number of rotatable bonds is 15. The summed E-state index contributed by atoms with van der Waals surface area (Å²) in [5.41, 5.74) is 1.67. The van der Waals surface area contributed by atoms with Crippen molar-refractivity contribution in [1.29, 1.82) is 0 Å². The number of benzene rings is 2. The number of carbonyl (C=O) groups is 4. The first-order valence-electron chi connectivity index (χ1n) is 14.6. The lowest BCUT2D eigenvalue weighted by atomic mass is 9.82. The predicted molar refractivity (Wildman–Crippen MR) is 158 cm³/mol. The topological polar surface area (TPSA) is 115 Å². The van der Waals surface area contributed by atoms with Gasteiger partial charge in [0.15, 0.2) is 11.6 Å². The second kappa shape index (κ2) is 14.2. The summed E-state index contributed by atoms with van der Waals surface area (Å²) >= 11 is 0. The van der Waals surface area contributed by atoms with Crippen molar-refractivity contribution in [1.82, 2.24) is 10.2 Å². The van der Waals surface area contributed by atoms with Gasteiger partial charge in [-0.2, -0.15) is 0 Å². The minimum absolute atomic E-state index is 0.0274. The molecular formula is C33H42N2O7. The van der Waals surface area contributed by atoms with E-state index in [4.69, 9.17) is 14.2 Å². The molecule has 0 radical (unpaired) electrons. The number of nitrogens with zero attached hydrogens (tertiary/aromatic N) is 1. The van der Waals surface area contributed by atoms with Crippen LogP contribution in [0.5, 0.6) is 5.75 Å². The summed E-state index contributed by atoms with van der Waals surface area (Å²) in [6.45, 7) is 8.55. The van der Waals surface area contributed by atoms with Crippen LogP contribution in [0.1, 0.15) is 49.3 Å². The molecule has 42 heavy (non-hydrogen) atoms. The lowest BCUT2D eigenvalue weighted by Crippen LogP contribution is -2.46. The molecule has 9 nitrogen and oxygen atoms in total. The highest BCUT2D eigenvalue weighted by molar-refractivity contribution is 6.00. The fourth-order valence-corrected chi connectivity index (χ4v) is 5.28. The minimum Gasteiger partial charge on any atom is -0.497 e. The first-order chi connectivity index (χ1) is 20.1. The summed E-state index contributed by atoms with van der Waals surface area (Å²) in [5, 5.41) is 2.92. The van der Waals surface area contributed by atoms with E-state index < -0.39 is 23.5 Å². The fraction of sp³-hybridized carbons (Fsp3) is 0.515. The second-order valence-corrected chi connectivity index (χ2v) is 11.7. The molecule has 226 valence electrons. The molecule has 2 heterocycles. The van der Waals surface area contributed by atoms with Gasteiger partial charge in [0.05, 0.1) is 45.4 Å². The van der Waals surface area contributed by atoms with Gasteiger partial charge in [-0.15, -0.1) is 0 Å². The van der Waals surface area contributed by atoms with Gasteiger partial charge in [0.25, 0.3) is 0 Å². The zero-order chi connectivity index (χ0) is 30.3. The van der Waals surface area contributed by atoms with Crippen LogP contribution in [0.3, 0.4) is 0 Å². The maximum absolute atomic E-state index is 13.9. The number of hydrogen-bond donors (Lipinski definition) is 1. The number of carbonyl (C=O) groups excluding carboxylic acids is 4. The molecule has 2 aliphatic rings. The standard InChI is InChI=1S/C33H42N2O7/c1-22-6-5-7-25(16-22)28(31(38)33(3)21-42-33)19-30(37)29(18-24-8-10-27(40-4)11-9-24)34-32(39)23(2)17-26(36)20-35-12-14-41-15-13-35/h5-11,16,23,28-29H,12-15,17-21H2,1-4H3,(H,34,39). The number of epoxide rings is 1. The molecule has 9 heteroatoms. The normalized spacial score (nSPS) is 20.7. The van der Waals surface area contributed by atoms with E-state index in [2.05, 4.69) is 5.32 Å². The Morgan fingerprint density at radius 3 is 2.36 bits per heavy atom. The maximum atomic E-state index is 13.9. The highest BCUT2D eigenvalue weighted by atomic mass is 16.6. The van der Waals surface area contributed by atoms with Gasteiger partial charge in [0, 0.05) is 31.8 Å². The largest absolute Gasteiger partial charge is 0.497 e. The highest BCUT2D eigenvalue weighted by Crippen LogP contribution is 2.36. The van der Waals surface area contributed by atoms with E-state index in [1.807, 2.05) is 48.2 Å². The minimum atomic E-state index is -0.904. The fourth-order valence-electron chi connectivity index (χ4n) is 5.28. The monoisotopic (exact) mass is 578 g/mol. The Labute approximate surface area is 247 Å². The summed E-state index contributed by atoms with van der Waals surface area (Å²) < 4.78 is 16.1. The van der Waals surface area contributed by atoms with E-state index in [-0.39, 0.29) is 49.1 Å². The molecule has 4 unspecified atom stereocenters. The summed E-state index contributed by atoms with van der Waals surface area (Å²) in [6, 6.07) is 14.0. The lowest BCUT2D eigenvalue weighted by molar-refractivity contribution is -0.133. The smallest absolute Gasteiger partial charge is 0.223 e. The van der Waals surface area contributed by atoms with Crippen LogP contribution in [0.15, 0.2) is 48.5 Å². The first kappa shape index (κ1) is 31.5. The summed E-state index contributed by atoms with van der Waals surface area (Å²) in [5.74, 6) is -1.42. The Balaban J connectivity index is 1.50. The average molecular weight is 579 g/mol. The first-order valence-corrected chi connectivity index (χ1v) is 14.6. The summed E-state index contributed by atoms with van der Waals surface area (Å²) in [4.78, 5) is 55.5. The van der Waals surface area contributed by atoms with Crippen molar-refractivity contribution in [2.75, 3.05) is 46.6 Å². The van der Waals surface area contributed by atoms with Gasteiger partial charge in [-0.05, 0) is 43.5 Å². The second-order valence-electron chi connectivity index (χ2n) is 11.7. The van der Waals surface area contributed by atoms with Crippen LogP contribution in [0.4, 0.5) is 0 Å². The number of amides is 1. The van der Waals surface area contributed by atoms with E-state index in [0.717, 1.165) is 16.7 Å². The van der Waals surface area contributed by atoms with Gasteiger partial charge in [-0.25, -0.2) is 0 Å². The molecule has 2 aliphatic heterocycles. The van der Waals surface area contributed by atoms with Crippen LogP contribution >= 0.6 is 0 Å². The lowest BCUT2D eigenvalue weighted by Gasteiger charge is -2.26. The SMILES string of the molecule is COc1ccc(CC(NC(=O)C(C)CC(=O)CN2CCOCC2)C(=O)CC(C(=O)C2(C)CO2)c2cccc(C)c2)cc1. The van der Waals surface area contributed by atoms with E-state index in [9.17, 15) is 19.2 Å². The summed E-state index contributed by atoms with van der Waals surface area (Å²) in [7, 11) is 1.58. The van der Waals surface area contributed by atoms with E-state index >= 15 is 0 Å². The molecule has 0 spiro atoms. The number of hydrogen-bond acceptors (Lipinski definition) is 8. The number of methoxy groups -OCH3 is 1. The highest BCUT2D eigenvalue weighted by Gasteiger charge is 2.50. The zero-order valence-electron chi connectivity index (χ0n) is 25.0. The van der Waals surface area contributed by atoms with Crippen LogP contribution < -0.4 is 10.1 Å². The van der Waals surface area contributed by atoms with E-state index in [0.29, 0.717) is 38.7 Å². The quantitative estimate of drug-likeness (QED) is 0.321. The Morgan fingerprint density at radius 2 is 1.74 bits per heavy atom. The maximum Gasteiger partial charge on any atom is 0.223 e. The molecule has 0 aromatic heterocycles. The predicted octanol–water partition coefficient (Wildman–Crippen LogP) is 3.06. The number of ether oxygens (including phenoxy) is 3. The van der Waals surface area contributed by atoms with Gasteiger partial charge in [0.2, 0.25) is 5.91 Å². The van der Waals surface area contributed by atoms with Gasteiger partial charge in [0.1, 0.15) is 17.1 Å². The molecule has 0 bridgehead atoms. The third kappa shape index (κ3) is 8.56. The van der Waals surface area contributed by atoms with Crippen LogP contribution in [0, 0.1) is 12.8 Å². The van der Waals surface area contributed by atoms with Gasteiger partial charge in [-0.3, -0.25) is 24.1 Å². The molecule has 0 saturated carbocycles.